The van der Waals surface area contributed by atoms with Crippen LogP contribution in [0.2, 0.25) is 0 Å². The summed E-state index contributed by atoms with van der Waals surface area (Å²) in [5.41, 5.74) is 0. The molecule has 4 heteroatoms. The van der Waals surface area contributed by atoms with Crippen molar-refractivity contribution in [2.24, 2.45) is 0 Å². The van der Waals surface area contributed by atoms with E-state index in [9.17, 15) is 0 Å². The first kappa shape index (κ1) is 10.9. The van der Waals surface area contributed by atoms with Gasteiger partial charge in [0.15, 0.2) is 0 Å². The van der Waals surface area contributed by atoms with E-state index < -0.39 is 0 Å². The molecular weight excluding hydrogens is 256 g/mol. The molecule has 2 unspecified atom stereocenters. The van der Waals surface area contributed by atoms with Crippen molar-refractivity contribution in [2.75, 3.05) is 12.4 Å². The lowest BCUT2D eigenvalue weighted by molar-refractivity contribution is 0.101. The Morgan fingerprint density at radius 2 is 2.40 bits per heavy atom. The predicted octanol–water partition coefficient (Wildman–Crippen LogP) is 2.82. The number of ether oxygens (including phenoxy) is 1. The van der Waals surface area contributed by atoms with Gasteiger partial charge in [0.2, 0.25) is 0 Å². The average Bonchev–Trinajstić information content (AvgIpc) is 2.69. The molecule has 1 saturated carbocycles. The van der Waals surface area contributed by atoms with E-state index in [0.29, 0.717) is 12.1 Å². The van der Waals surface area contributed by atoms with Gasteiger partial charge in [0.05, 0.1) is 16.6 Å². The second-order valence-electron chi connectivity index (χ2n) is 3.79. The zero-order valence-corrected chi connectivity index (χ0v) is 10.3. The number of hydrogen-bond acceptors (Lipinski definition) is 3. The van der Waals surface area contributed by atoms with Crippen molar-refractivity contribution in [1.82, 2.24) is 4.98 Å². The maximum Gasteiger partial charge on any atom is 0.140 e. The number of pyridine rings is 1. The normalized spacial score (nSPS) is 25.5. The molecule has 0 bridgehead atoms. The molecule has 1 fully saturated rings. The fourth-order valence-electron chi connectivity index (χ4n) is 2.04. The lowest BCUT2D eigenvalue weighted by atomic mass is 10.2. The summed E-state index contributed by atoms with van der Waals surface area (Å²) < 4.78 is 6.44. The SMILES string of the molecule is COC1CCCC1Nc1ncccc1Br. The Hall–Kier alpha value is -0.610. The number of methoxy groups -OCH3 is 1. The second-order valence-corrected chi connectivity index (χ2v) is 4.64. The molecule has 0 radical (unpaired) electrons. The molecule has 3 nitrogen and oxygen atoms in total. The largest absolute Gasteiger partial charge is 0.379 e. The lowest BCUT2D eigenvalue weighted by Crippen LogP contribution is -2.30. The number of rotatable bonds is 3. The molecule has 15 heavy (non-hydrogen) atoms. The topological polar surface area (TPSA) is 34.1 Å². The molecule has 2 rings (SSSR count). The number of nitrogens with zero attached hydrogens (tertiary/aromatic N) is 1. The van der Waals surface area contributed by atoms with Gasteiger partial charge in [0.25, 0.3) is 0 Å². The van der Waals surface area contributed by atoms with Gasteiger partial charge < -0.3 is 10.1 Å². The van der Waals surface area contributed by atoms with E-state index in [0.717, 1.165) is 23.1 Å². The van der Waals surface area contributed by atoms with Crippen LogP contribution in [0.3, 0.4) is 0 Å². The van der Waals surface area contributed by atoms with Gasteiger partial charge in [-0.25, -0.2) is 4.98 Å². The first-order valence-corrected chi connectivity index (χ1v) is 6.00. The minimum Gasteiger partial charge on any atom is -0.379 e. The van der Waals surface area contributed by atoms with E-state index >= 15 is 0 Å². The Labute approximate surface area is 98.4 Å². The van der Waals surface area contributed by atoms with Crippen LogP contribution in [-0.4, -0.2) is 24.2 Å². The van der Waals surface area contributed by atoms with Crippen molar-refractivity contribution < 1.29 is 4.74 Å². The van der Waals surface area contributed by atoms with Crippen molar-refractivity contribution in [3.05, 3.63) is 22.8 Å². The van der Waals surface area contributed by atoms with Crippen LogP contribution in [0.4, 0.5) is 5.82 Å². The average molecular weight is 271 g/mol. The van der Waals surface area contributed by atoms with E-state index in [4.69, 9.17) is 4.74 Å². The van der Waals surface area contributed by atoms with Crippen LogP contribution in [0.5, 0.6) is 0 Å². The van der Waals surface area contributed by atoms with E-state index in [1.807, 2.05) is 12.1 Å². The maximum atomic E-state index is 5.43. The highest BCUT2D eigenvalue weighted by Gasteiger charge is 2.27. The summed E-state index contributed by atoms with van der Waals surface area (Å²) in [6.07, 6.45) is 5.63. The molecule has 82 valence electrons. The second kappa shape index (κ2) is 4.94. The molecule has 1 aromatic rings. The van der Waals surface area contributed by atoms with Crippen LogP contribution < -0.4 is 5.32 Å². The van der Waals surface area contributed by atoms with E-state index in [1.165, 1.54) is 6.42 Å². The Morgan fingerprint density at radius 3 is 3.13 bits per heavy atom. The number of aromatic nitrogens is 1. The van der Waals surface area contributed by atoms with Crippen LogP contribution in [-0.2, 0) is 4.74 Å². The number of halogens is 1. The Bertz CT molecular complexity index is 332. The molecule has 2 atom stereocenters. The molecule has 0 aliphatic heterocycles. The smallest absolute Gasteiger partial charge is 0.140 e. The zero-order chi connectivity index (χ0) is 10.7. The minimum atomic E-state index is 0.318. The maximum absolute atomic E-state index is 5.43. The van der Waals surface area contributed by atoms with E-state index in [1.54, 1.807) is 13.3 Å². The fourth-order valence-corrected chi connectivity index (χ4v) is 2.41. The van der Waals surface area contributed by atoms with Crippen LogP contribution in [0, 0.1) is 0 Å². The van der Waals surface area contributed by atoms with Crippen molar-refractivity contribution in [2.45, 2.75) is 31.4 Å². The highest BCUT2D eigenvalue weighted by atomic mass is 79.9. The van der Waals surface area contributed by atoms with Gasteiger partial charge in [-0.1, -0.05) is 0 Å². The van der Waals surface area contributed by atoms with Crippen LogP contribution in [0.1, 0.15) is 19.3 Å². The van der Waals surface area contributed by atoms with Gasteiger partial charge in [-0.2, -0.15) is 0 Å². The van der Waals surface area contributed by atoms with Gasteiger partial charge in [-0.3, -0.25) is 0 Å². The number of anilines is 1. The molecule has 1 N–H and O–H groups in total. The van der Waals surface area contributed by atoms with Crippen LogP contribution in [0.25, 0.3) is 0 Å². The van der Waals surface area contributed by atoms with Gasteiger partial charge >= 0.3 is 0 Å². The summed E-state index contributed by atoms with van der Waals surface area (Å²) in [7, 11) is 1.78. The molecule has 0 spiro atoms. The standard InChI is InChI=1S/C11H15BrN2O/c1-15-10-6-2-5-9(10)14-11-8(12)4-3-7-13-11/h3-4,7,9-10H,2,5-6H2,1H3,(H,13,14). The quantitative estimate of drug-likeness (QED) is 0.917. The van der Waals surface area contributed by atoms with E-state index in [-0.39, 0.29) is 0 Å². The summed E-state index contributed by atoms with van der Waals surface area (Å²) in [4.78, 5) is 4.30. The monoisotopic (exact) mass is 270 g/mol. The van der Waals surface area contributed by atoms with Gasteiger partial charge in [0.1, 0.15) is 5.82 Å². The Kier molecular flexibility index (Phi) is 3.59. The Balaban J connectivity index is 2.05. The molecular formula is C11H15BrN2O. The third-order valence-corrected chi connectivity index (χ3v) is 3.48. The first-order chi connectivity index (χ1) is 7.31. The highest BCUT2D eigenvalue weighted by Crippen LogP contribution is 2.27. The zero-order valence-electron chi connectivity index (χ0n) is 8.74. The molecule has 0 aromatic carbocycles. The summed E-state index contributed by atoms with van der Waals surface area (Å²) >= 11 is 3.48. The number of hydrogen-bond donors (Lipinski definition) is 1. The van der Waals surface area contributed by atoms with Crippen LogP contribution in [0.15, 0.2) is 22.8 Å². The summed E-state index contributed by atoms with van der Waals surface area (Å²) in [5.74, 6) is 0.909. The highest BCUT2D eigenvalue weighted by molar-refractivity contribution is 9.10. The first-order valence-electron chi connectivity index (χ1n) is 5.21. The third-order valence-electron chi connectivity index (χ3n) is 2.84. The van der Waals surface area contributed by atoms with Crippen LogP contribution >= 0.6 is 15.9 Å². The fraction of sp³-hybridized carbons (Fsp3) is 0.545. The summed E-state index contributed by atoms with van der Waals surface area (Å²) in [6, 6.07) is 4.30. The third kappa shape index (κ3) is 2.49. The minimum absolute atomic E-state index is 0.318. The molecule has 1 heterocycles. The van der Waals surface area contributed by atoms with Crippen molar-refractivity contribution in [1.29, 1.82) is 0 Å². The van der Waals surface area contributed by atoms with Gasteiger partial charge in [-0.05, 0) is 47.3 Å². The lowest BCUT2D eigenvalue weighted by Gasteiger charge is -2.20. The van der Waals surface area contributed by atoms with Gasteiger partial charge in [0, 0.05) is 13.3 Å². The van der Waals surface area contributed by atoms with Crippen molar-refractivity contribution >= 4 is 21.7 Å². The molecule has 1 aromatic heterocycles. The molecule has 0 saturated heterocycles. The summed E-state index contributed by atoms with van der Waals surface area (Å²) in [5, 5.41) is 3.43. The summed E-state index contributed by atoms with van der Waals surface area (Å²) in [6.45, 7) is 0. The molecule has 0 amide bonds. The molecule has 1 aliphatic rings. The predicted molar refractivity (Wildman–Crippen MR) is 64.0 cm³/mol. The van der Waals surface area contributed by atoms with Gasteiger partial charge in [-0.15, -0.1) is 0 Å². The van der Waals surface area contributed by atoms with E-state index in [2.05, 4.69) is 26.2 Å². The van der Waals surface area contributed by atoms with Crippen molar-refractivity contribution in [3.63, 3.8) is 0 Å². The van der Waals surface area contributed by atoms with Crippen molar-refractivity contribution in [3.8, 4) is 0 Å². The Morgan fingerprint density at radius 1 is 1.53 bits per heavy atom. The number of nitrogens with one attached hydrogen (secondary N) is 1. The molecule has 1 aliphatic carbocycles.